The van der Waals surface area contributed by atoms with Crippen molar-refractivity contribution in [3.05, 3.63) is 22.3 Å². The van der Waals surface area contributed by atoms with Crippen LogP contribution in [0.25, 0.3) is 0 Å². The van der Waals surface area contributed by atoms with Gasteiger partial charge in [0.2, 0.25) is 0 Å². The first kappa shape index (κ1) is 21.2. The minimum absolute atomic E-state index is 0.227. The first-order chi connectivity index (χ1) is 11.1. The molecule has 0 aliphatic heterocycles. The number of ether oxygens (including phenoxy) is 1. The minimum atomic E-state index is -1.09. The zero-order chi connectivity index (χ0) is 18.5. The minimum Gasteiger partial charge on any atom is -0.464 e. The number of aliphatic hydroxyl groups is 1. The molecule has 24 heavy (non-hydrogen) atoms. The van der Waals surface area contributed by atoms with E-state index >= 15 is 0 Å². The van der Waals surface area contributed by atoms with E-state index in [4.69, 9.17) is 4.74 Å². The first-order valence-electron chi connectivity index (χ1n) is 7.78. The molecule has 0 fully saturated rings. The lowest BCUT2D eigenvalue weighted by molar-refractivity contribution is -0.145. The molecule has 3 unspecified atom stereocenters. The van der Waals surface area contributed by atoms with Crippen LogP contribution in [0.4, 0.5) is 4.79 Å². The van der Waals surface area contributed by atoms with Crippen LogP contribution in [0.2, 0.25) is 0 Å². The van der Waals surface area contributed by atoms with Crippen LogP contribution in [0.5, 0.6) is 0 Å². The van der Waals surface area contributed by atoms with Crippen LogP contribution in [-0.4, -0.2) is 40.2 Å². The molecule has 0 heterocycles. The van der Waals surface area contributed by atoms with Gasteiger partial charge >= 0.3 is 12.0 Å². The van der Waals surface area contributed by atoms with Crippen LogP contribution < -0.4 is 10.6 Å². The van der Waals surface area contributed by atoms with Crippen molar-refractivity contribution >= 4 is 43.9 Å². The van der Waals surface area contributed by atoms with Crippen molar-refractivity contribution in [2.45, 2.75) is 50.6 Å². The Kier molecular flexibility index (Phi) is 7.95. The molecule has 0 aromatic heterocycles. The Bertz CT molecular complexity index is 544. The van der Waals surface area contributed by atoms with Gasteiger partial charge in [0, 0.05) is 10.2 Å². The van der Waals surface area contributed by atoms with E-state index in [1.807, 2.05) is 13.8 Å². The van der Waals surface area contributed by atoms with E-state index in [2.05, 4.69) is 42.5 Å². The summed E-state index contributed by atoms with van der Waals surface area (Å²) in [6, 6.07) is -1.21. The first-order valence-corrected chi connectivity index (χ1v) is 9.48. The highest BCUT2D eigenvalue weighted by atomic mass is 79.9. The predicted molar refractivity (Wildman–Crippen MR) is 100.0 cm³/mol. The molecular weight excluding hydrogens is 444 g/mol. The van der Waals surface area contributed by atoms with E-state index in [-0.39, 0.29) is 17.4 Å². The number of halogens is 2. The fourth-order valence-corrected chi connectivity index (χ4v) is 3.45. The van der Waals surface area contributed by atoms with Crippen LogP contribution in [0.3, 0.4) is 0 Å². The van der Waals surface area contributed by atoms with Gasteiger partial charge in [-0.15, -0.1) is 0 Å². The normalized spacial score (nSPS) is 24.8. The van der Waals surface area contributed by atoms with Crippen LogP contribution in [0.15, 0.2) is 22.3 Å². The lowest BCUT2D eigenvalue weighted by Gasteiger charge is -2.31. The number of hydrogen-bond acceptors (Lipinski definition) is 4. The Balaban J connectivity index is 2.74. The van der Waals surface area contributed by atoms with Crippen LogP contribution in [0, 0.1) is 5.92 Å². The molecule has 136 valence electrons. The summed E-state index contributed by atoms with van der Waals surface area (Å²) < 4.78 is 5.54. The number of nitrogens with one attached hydrogen (secondary N) is 2. The molecular formula is C16H24Br2N2O4. The molecule has 1 aliphatic carbocycles. The number of carbonyl (C=O) groups excluding carboxylic acids is 2. The van der Waals surface area contributed by atoms with Crippen molar-refractivity contribution in [1.82, 2.24) is 10.6 Å². The van der Waals surface area contributed by atoms with Gasteiger partial charge < -0.3 is 20.5 Å². The Morgan fingerprint density at radius 3 is 2.58 bits per heavy atom. The molecule has 0 radical (unpaired) electrons. The summed E-state index contributed by atoms with van der Waals surface area (Å²) in [5.41, 5.74) is -0.577. The second-order valence-corrected chi connectivity index (χ2v) is 8.04. The molecule has 1 rings (SSSR count). The SMILES string of the molecule is CCOC(=O)C(CC(C)C)NC(=O)NC1=CC(Br)C(C)(O)C(Br)=C1. The summed E-state index contributed by atoms with van der Waals surface area (Å²) in [6.07, 6.45) is 3.80. The fraction of sp³-hybridized carbons (Fsp3) is 0.625. The summed E-state index contributed by atoms with van der Waals surface area (Å²) in [5, 5.41) is 15.6. The van der Waals surface area contributed by atoms with Gasteiger partial charge in [-0.1, -0.05) is 45.7 Å². The predicted octanol–water partition coefficient (Wildman–Crippen LogP) is 2.95. The number of rotatable bonds is 6. The van der Waals surface area contributed by atoms with Gasteiger partial charge in [0.1, 0.15) is 11.6 Å². The maximum atomic E-state index is 12.2. The highest BCUT2D eigenvalue weighted by Crippen LogP contribution is 2.35. The summed E-state index contributed by atoms with van der Waals surface area (Å²) in [7, 11) is 0. The monoisotopic (exact) mass is 466 g/mol. The summed E-state index contributed by atoms with van der Waals surface area (Å²) >= 11 is 6.67. The molecule has 3 N–H and O–H groups in total. The second-order valence-electron chi connectivity index (χ2n) is 6.20. The van der Waals surface area contributed by atoms with Gasteiger partial charge in [-0.3, -0.25) is 0 Å². The molecule has 0 aromatic carbocycles. The van der Waals surface area contributed by atoms with Crippen LogP contribution >= 0.6 is 31.9 Å². The maximum Gasteiger partial charge on any atom is 0.328 e. The number of alkyl halides is 1. The molecule has 0 aromatic rings. The van der Waals surface area contributed by atoms with Gasteiger partial charge in [0.05, 0.1) is 11.4 Å². The highest BCUT2D eigenvalue weighted by Gasteiger charge is 2.35. The number of hydrogen-bond donors (Lipinski definition) is 3. The van der Waals surface area contributed by atoms with Gasteiger partial charge in [0.25, 0.3) is 0 Å². The fourth-order valence-electron chi connectivity index (χ4n) is 2.11. The number of amides is 2. The van der Waals surface area contributed by atoms with Crippen molar-refractivity contribution in [3.8, 4) is 0 Å². The average molecular weight is 468 g/mol. The van der Waals surface area contributed by atoms with Crippen molar-refractivity contribution in [2.75, 3.05) is 6.61 Å². The number of carbonyl (C=O) groups is 2. The van der Waals surface area contributed by atoms with E-state index < -0.39 is 23.6 Å². The van der Waals surface area contributed by atoms with Crippen LogP contribution in [0.1, 0.15) is 34.1 Å². The molecule has 6 nitrogen and oxygen atoms in total. The van der Waals surface area contributed by atoms with E-state index in [0.29, 0.717) is 16.6 Å². The zero-order valence-corrected chi connectivity index (χ0v) is 17.4. The molecule has 0 bridgehead atoms. The zero-order valence-electron chi connectivity index (χ0n) is 14.2. The molecule has 2 amide bonds. The molecule has 0 spiro atoms. The smallest absolute Gasteiger partial charge is 0.328 e. The van der Waals surface area contributed by atoms with E-state index in [1.165, 1.54) is 0 Å². The molecule has 8 heteroatoms. The van der Waals surface area contributed by atoms with Crippen molar-refractivity contribution < 1.29 is 19.4 Å². The molecule has 3 atom stereocenters. The Hall–Kier alpha value is -0.860. The summed E-state index contributed by atoms with van der Waals surface area (Å²) in [6.45, 7) is 7.57. The lowest BCUT2D eigenvalue weighted by Crippen LogP contribution is -2.47. The Morgan fingerprint density at radius 1 is 1.46 bits per heavy atom. The van der Waals surface area contributed by atoms with Crippen molar-refractivity contribution in [2.24, 2.45) is 5.92 Å². The van der Waals surface area contributed by atoms with Crippen molar-refractivity contribution in [1.29, 1.82) is 0 Å². The largest absolute Gasteiger partial charge is 0.464 e. The maximum absolute atomic E-state index is 12.2. The number of allylic oxidation sites excluding steroid dienone is 1. The highest BCUT2D eigenvalue weighted by molar-refractivity contribution is 9.12. The van der Waals surface area contributed by atoms with Crippen molar-refractivity contribution in [3.63, 3.8) is 0 Å². The van der Waals surface area contributed by atoms with E-state index in [0.717, 1.165) is 0 Å². The summed E-state index contributed by atoms with van der Waals surface area (Å²) in [4.78, 5) is 23.8. The van der Waals surface area contributed by atoms with E-state index in [1.54, 1.807) is 26.0 Å². The summed E-state index contributed by atoms with van der Waals surface area (Å²) in [5.74, 6) is -0.221. The van der Waals surface area contributed by atoms with Gasteiger partial charge in [-0.25, -0.2) is 9.59 Å². The quantitative estimate of drug-likeness (QED) is 0.414. The number of esters is 1. The third-order valence-electron chi connectivity index (χ3n) is 3.47. The topological polar surface area (TPSA) is 87.7 Å². The molecule has 0 saturated heterocycles. The van der Waals surface area contributed by atoms with Gasteiger partial charge in [-0.05, 0) is 38.3 Å². The van der Waals surface area contributed by atoms with E-state index in [9.17, 15) is 14.7 Å². The van der Waals surface area contributed by atoms with Gasteiger partial charge in [0.15, 0.2) is 0 Å². The lowest BCUT2D eigenvalue weighted by atomic mass is 9.96. The Morgan fingerprint density at radius 2 is 2.08 bits per heavy atom. The Labute approximate surface area is 159 Å². The molecule has 0 saturated carbocycles. The second kappa shape index (κ2) is 9.01. The number of urea groups is 1. The third kappa shape index (κ3) is 5.89. The standard InChI is InChI=1S/C16H24Br2N2O4/c1-5-24-14(21)11(6-9(2)3)20-15(22)19-10-7-12(17)16(4,23)13(18)8-10/h7-9,11-12,23H,5-6H2,1-4H3,(H2,19,20,22). The average Bonchev–Trinajstić information content (AvgIpc) is 2.44. The van der Waals surface area contributed by atoms with Gasteiger partial charge in [-0.2, -0.15) is 0 Å². The van der Waals surface area contributed by atoms with Crippen LogP contribution in [-0.2, 0) is 9.53 Å². The third-order valence-corrected chi connectivity index (χ3v) is 5.66. The molecule has 1 aliphatic rings.